The van der Waals surface area contributed by atoms with Gasteiger partial charge in [0.25, 0.3) is 0 Å². The van der Waals surface area contributed by atoms with Crippen LogP contribution < -0.4 is 5.11 Å². The number of hydrogen-bond donors (Lipinski definition) is 0. The van der Waals surface area contributed by atoms with Crippen LogP contribution in [0.1, 0.15) is 5.56 Å². The molecular formula is C8H8O2-. The van der Waals surface area contributed by atoms with E-state index in [0.717, 1.165) is 0 Å². The fourth-order valence-electron chi connectivity index (χ4n) is 0.692. The predicted molar refractivity (Wildman–Crippen MR) is 35.8 cm³/mol. The lowest BCUT2D eigenvalue weighted by Crippen LogP contribution is -2.17. The second-order valence-corrected chi connectivity index (χ2v) is 1.86. The quantitative estimate of drug-likeness (QED) is 0.594. The summed E-state index contributed by atoms with van der Waals surface area (Å²) in [5.41, 5.74) is 0.588. The zero-order chi connectivity index (χ0) is 7.40. The van der Waals surface area contributed by atoms with E-state index in [9.17, 15) is 5.11 Å². The van der Waals surface area contributed by atoms with Crippen LogP contribution in [0.2, 0.25) is 0 Å². The molecule has 0 aliphatic rings. The third-order valence-corrected chi connectivity index (χ3v) is 1.19. The molecular weight excluding hydrogens is 128 g/mol. The first-order valence-electron chi connectivity index (χ1n) is 2.98. The number of methoxy groups -OCH3 is 1. The van der Waals surface area contributed by atoms with E-state index in [1.807, 2.05) is 6.07 Å². The lowest BCUT2D eigenvalue weighted by molar-refractivity contribution is -0.399. The monoisotopic (exact) mass is 136 g/mol. The molecule has 0 N–H and O–H groups in total. The van der Waals surface area contributed by atoms with Crippen molar-refractivity contribution in [3.05, 3.63) is 42.2 Å². The van der Waals surface area contributed by atoms with Crippen LogP contribution >= 0.6 is 0 Å². The second kappa shape index (κ2) is 3.34. The van der Waals surface area contributed by atoms with E-state index in [2.05, 4.69) is 4.74 Å². The van der Waals surface area contributed by atoms with Crippen LogP contribution in [0, 0.1) is 6.29 Å². The molecule has 1 rings (SSSR count). The minimum atomic E-state index is -0.291. The van der Waals surface area contributed by atoms with Crippen molar-refractivity contribution in [2.75, 3.05) is 7.11 Å². The van der Waals surface area contributed by atoms with Gasteiger partial charge >= 0.3 is 0 Å². The molecule has 0 aliphatic heterocycles. The van der Waals surface area contributed by atoms with Crippen LogP contribution in [0.3, 0.4) is 0 Å². The lowest BCUT2D eigenvalue weighted by Gasteiger charge is -2.18. The maximum absolute atomic E-state index is 10.8. The van der Waals surface area contributed by atoms with Crippen LogP contribution in [0.25, 0.3) is 0 Å². The van der Waals surface area contributed by atoms with Gasteiger partial charge in [-0.3, -0.25) is 0 Å². The van der Waals surface area contributed by atoms with Crippen molar-refractivity contribution in [2.45, 2.75) is 0 Å². The molecule has 1 radical (unpaired) electrons. The highest BCUT2D eigenvalue weighted by Gasteiger charge is 1.93. The average Bonchev–Trinajstić information content (AvgIpc) is 2.05. The molecule has 0 saturated heterocycles. The summed E-state index contributed by atoms with van der Waals surface area (Å²) in [6.45, 7) is 0. The van der Waals surface area contributed by atoms with Crippen molar-refractivity contribution >= 4 is 0 Å². The molecule has 0 aliphatic carbocycles. The molecule has 0 amide bonds. The van der Waals surface area contributed by atoms with Gasteiger partial charge in [-0.25, -0.2) is 0 Å². The largest absolute Gasteiger partial charge is 0.824 e. The van der Waals surface area contributed by atoms with Gasteiger partial charge in [-0.05, 0) is 5.56 Å². The van der Waals surface area contributed by atoms with Crippen molar-refractivity contribution in [1.29, 1.82) is 0 Å². The molecule has 0 fully saturated rings. The third kappa shape index (κ3) is 1.56. The predicted octanol–water partition coefficient (Wildman–Crippen LogP) is 0.531. The number of ether oxygens (including phenoxy) is 1. The zero-order valence-electron chi connectivity index (χ0n) is 5.70. The van der Waals surface area contributed by atoms with E-state index in [1.165, 1.54) is 7.11 Å². The molecule has 0 spiro atoms. The van der Waals surface area contributed by atoms with Crippen molar-refractivity contribution < 1.29 is 9.84 Å². The van der Waals surface area contributed by atoms with Gasteiger partial charge < -0.3 is 9.84 Å². The summed E-state index contributed by atoms with van der Waals surface area (Å²) in [5, 5.41) is 10.8. The van der Waals surface area contributed by atoms with Gasteiger partial charge in [0.2, 0.25) is 0 Å². The Hall–Kier alpha value is -0.860. The molecule has 53 valence electrons. The Kier molecular flexibility index (Phi) is 2.42. The summed E-state index contributed by atoms with van der Waals surface area (Å²) in [6, 6.07) is 8.88. The van der Waals surface area contributed by atoms with Crippen LogP contribution in [0.4, 0.5) is 0 Å². The minimum Gasteiger partial charge on any atom is -0.824 e. The maximum Gasteiger partial charge on any atom is 0.0380 e. The molecule has 0 heterocycles. The molecule has 0 atom stereocenters. The number of benzene rings is 1. The molecule has 2 nitrogen and oxygen atoms in total. The lowest BCUT2D eigenvalue weighted by atomic mass is 10.2. The Morgan fingerprint density at radius 2 is 1.90 bits per heavy atom. The molecule has 1 aromatic rings. The van der Waals surface area contributed by atoms with Gasteiger partial charge in [0.05, 0.1) is 0 Å². The Labute approximate surface area is 60.1 Å². The highest BCUT2D eigenvalue weighted by molar-refractivity contribution is 5.22. The average molecular weight is 136 g/mol. The van der Waals surface area contributed by atoms with E-state index < -0.39 is 0 Å². The van der Waals surface area contributed by atoms with Gasteiger partial charge in [-0.1, -0.05) is 30.3 Å². The molecule has 2 heteroatoms. The molecule has 10 heavy (non-hydrogen) atoms. The fraction of sp³-hybridized carbons (Fsp3) is 0.125. The van der Waals surface area contributed by atoms with Gasteiger partial charge in [0.15, 0.2) is 0 Å². The van der Waals surface area contributed by atoms with E-state index >= 15 is 0 Å². The summed E-state index contributed by atoms with van der Waals surface area (Å²) in [7, 11) is 1.37. The summed E-state index contributed by atoms with van der Waals surface area (Å²) >= 11 is 0. The van der Waals surface area contributed by atoms with E-state index in [1.54, 1.807) is 24.3 Å². The molecule has 0 saturated carbocycles. The Balaban J connectivity index is 2.75. The normalized spacial score (nSPS) is 10.3. The standard InChI is InChI=1S/C8H8O2/c1-10-8(9)7-5-3-2-4-6-7/h2-6H,1H3/q-1. The first-order chi connectivity index (χ1) is 4.84. The highest BCUT2D eigenvalue weighted by Crippen LogP contribution is 2.06. The fourth-order valence-corrected chi connectivity index (χ4v) is 0.692. The maximum atomic E-state index is 10.8. The SMILES string of the molecule is CO[C]([O-])c1ccccc1. The van der Waals surface area contributed by atoms with E-state index in [0.29, 0.717) is 5.56 Å². The summed E-state index contributed by atoms with van der Waals surface area (Å²) in [4.78, 5) is 0. The van der Waals surface area contributed by atoms with Gasteiger partial charge in [-0.15, -0.1) is 0 Å². The van der Waals surface area contributed by atoms with Crippen LogP contribution in [0.15, 0.2) is 30.3 Å². The molecule has 0 aromatic heterocycles. The third-order valence-electron chi connectivity index (χ3n) is 1.19. The topological polar surface area (TPSA) is 32.3 Å². The summed E-state index contributed by atoms with van der Waals surface area (Å²) in [6.07, 6.45) is -0.291. The van der Waals surface area contributed by atoms with E-state index in [4.69, 9.17) is 0 Å². The van der Waals surface area contributed by atoms with Crippen molar-refractivity contribution in [2.24, 2.45) is 0 Å². The number of rotatable bonds is 2. The first-order valence-corrected chi connectivity index (χ1v) is 2.98. The highest BCUT2D eigenvalue weighted by atomic mass is 16.6. The van der Waals surface area contributed by atoms with E-state index in [-0.39, 0.29) is 6.29 Å². The molecule has 0 unspecified atom stereocenters. The second-order valence-electron chi connectivity index (χ2n) is 1.86. The Morgan fingerprint density at radius 1 is 1.30 bits per heavy atom. The van der Waals surface area contributed by atoms with Gasteiger partial charge in [0, 0.05) is 13.4 Å². The van der Waals surface area contributed by atoms with Crippen molar-refractivity contribution in [3.63, 3.8) is 0 Å². The first kappa shape index (κ1) is 7.25. The number of hydrogen-bond acceptors (Lipinski definition) is 2. The zero-order valence-corrected chi connectivity index (χ0v) is 5.70. The van der Waals surface area contributed by atoms with Crippen molar-refractivity contribution in [3.8, 4) is 0 Å². The smallest absolute Gasteiger partial charge is 0.0380 e. The molecule has 1 aromatic carbocycles. The summed E-state index contributed by atoms with van der Waals surface area (Å²) < 4.78 is 4.50. The molecule has 0 bridgehead atoms. The van der Waals surface area contributed by atoms with Gasteiger partial charge in [-0.2, -0.15) is 0 Å². The van der Waals surface area contributed by atoms with Crippen molar-refractivity contribution in [1.82, 2.24) is 0 Å². The Bertz CT molecular complexity index is 184. The van der Waals surface area contributed by atoms with Crippen LogP contribution in [0.5, 0.6) is 0 Å². The summed E-state index contributed by atoms with van der Waals surface area (Å²) in [5.74, 6) is 0. The van der Waals surface area contributed by atoms with Crippen LogP contribution in [-0.4, -0.2) is 7.11 Å². The Morgan fingerprint density at radius 3 is 2.40 bits per heavy atom. The van der Waals surface area contributed by atoms with Crippen LogP contribution in [-0.2, 0) is 4.74 Å². The minimum absolute atomic E-state index is 0.291. The van der Waals surface area contributed by atoms with Gasteiger partial charge in [0.1, 0.15) is 0 Å².